The lowest BCUT2D eigenvalue weighted by Gasteiger charge is -2.13. The van der Waals surface area contributed by atoms with E-state index < -0.39 is 0 Å². The number of carbonyl (C=O) groups excluding carboxylic acids is 2. The van der Waals surface area contributed by atoms with Crippen molar-refractivity contribution in [3.8, 4) is 0 Å². The van der Waals surface area contributed by atoms with Gasteiger partial charge in [0.25, 0.3) is 5.91 Å². The van der Waals surface area contributed by atoms with Crippen molar-refractivity contribution in [3.63, 3.8) is 0 Å². The standard InChI is InChI=1S/C16H20ClN5O2/c1-21(2)16-20-9-11(22(16)3)8-18-14(23)10-19-15(24)12-6-4-5-7-13(12)17/h4-7,9H,8,10H2,1-3H3,(H,18,23)(H,19,24). The average molecular weight is 350 g/mol. The third-order valence-corrected chi connectivity index (χ3v) is 3.78. The normalized spacial score (nSPS) is 10.3. The number of amides is 2. The van der Waals surface area contributed by atoms with Gasteiger partial charge >= 0.3 is 0 Å². The van der Waals surface area contributed by atoms with Crippen LogP contribution >= 0.6 is 11.6 Å². The van der Waals surface area contributed by atoms with Crippen LogP contribution in [-0.4, -0.2) is 42.0 Å². The maximum absolute atomic E-state index is 12.0. The molecule has 1 aromatic carbocycles. The van der Waals surface area contributed by atoms with E-state index in [4.69, 9.17) is 11.6 Å². The molecule has 0 unspecified atom stereocenters. The zero-order valence-corrected chi connectivity index (χ0v) is 14.6. The number of nitrogens with zero attached hydrogens (tertiary/aromatic N) is 3. The molecule has 128 valence electrons. The van der Waals surface area contributed by atoms with E-state index >= 15 is 0 Å². The summed E-state index contributed by atoms with van der Waals surface area (Å²) in [5.74, 6) is 0.125. The summed E-state index contributed by atoms with van der Waals surface area (Å²) < 4.78 is 1.89. The highest BCUT2D eigenvalue weighted by Gasteiger charge is 2.12. The second-order valence-corrected chi connectivity index (χ2v) is 5.85. The Morgan fingerprint density at radius 2 is 1.96 bits per heavy atom. The second kappa shape index (κ2) is 7.83. The molecule has 8 heteroatoms. The number of benzene rings is 1. The zero-order valence-electron chi connectivity index (χ0n) is 13.8. The first-order valence-corrected chi connectivity index (χ1v) is 7.75. The van der Waals surface area contributed by atoms with E-state index in [2.05, 4.69) is 15.6 Å². The van der Waals surface area contributed by atoms with Crippen LogP contribution in [-0.2, 0) is 18.4 Å². The smallest absolute Gasteiger partial charge is 0.253 e. The molecule has 0 radical (unpaired) electrons. The zero-order chi connectivity index (χ0) is 17.7. The summed E-state index contributed by atoms with van der Waals surface area (Å²) >= 11 is 5.95. The first-order valence-electron chi connectivity index (χ1n) is 7.37. The van der Waals surface area contributed by atoms with Crippen molar-refractivity contribution in [2.24, 2.45) is 7.05 Å². The van der Waals surface area contributed by atoms with E-state index in [9.17, 15) is 9.59 Å². The summed E-state index contributed by atoms with van der Waals surface area (Å²) in [6.45, 7) is 0.209. The molecule has 2 amide bonds. The molecule has 0 aliphatic rings. The molecule has 0 atom stereocenters. The van der Waals surface area contributed by atoms with Crippen molar-refractivity contribution in [2.45, 2.75) is 6.54 Å². The number of anilines is 1. The summed E-state index contributed by atoms with van der Waals surface area (Å²) in [4.78, 5) is 30.0. The number of hydrogen-bond donors (Lipinski definition) is 2. The Kier molecular flexibility index (Phi) is 5.81. The van der Waals surface area contributed by atoms with E-state index in [1.54, 1.807) is 30.5 Å². The number of imidazole rings is 1. The van der Waals surface area contributed by atoms with Gasteiger partial charge in [-0.15, -0.1) is 0 Å². The monoisotopic (exact) mass is 349 g/mol. The van der Waals surface area contributed by atoms with Gasteiger partial charge in [-0.3, -0.25) is 9.59 Å². The van der Waals surface area contributed by atoms with Crippen LogP contribution in [0.1, 0.15) is 16.1 Å². The number of aromatic nitrogens is 2. The summed E-state index contributed by atoms with van der Waals surface area (Å²) in [6, 6.07) is 6.68. The lowest BCUT2D eigenvalue weighted by Crippen LogP contribution is -2.37. The number of hydrogen-bond acceptors (Lipinski definition) is 4. The summed E-state index contributed by atoms with van der Waals surface area (Å²) in [6.07, 6.45) is 1.71. The second-order valence-electron chi connectivity index (χ2n) is 5.44. The van der Waals surface area contributed by atoms with Crippen LogP contribution in [0.3, 0.4) is 0 Å². The molecule has 2 N–H and O–H groups in total. The van der Waals surface area contributed by atoms with Crippen LogP contribution in [0.5, 0.6) is 0 Å². The molecule has 0 aliphatic heterocycles. The van der Waals surface area contributed by atoms with Gasteiger partial charge in [0.1, 0.15) is 0 Å². The van der Waals surface area contributed by atoms with Gasteiger partial charge in [0.15, 0.2) is 0 Å². The van der Waals surface area contributed by atoms with Gasteiger partial charge in [-0.2, -0.15) is 0 Å². The third-order valence-electron chi connectivity index (χ3n) is 3.45. The van der Waals surface area contributed by atoms with E-state index in [1.165, 1.54) is 0 Å². The van der Waals surface area contributed by atoms with Gasteiger partial charge in [-0.1, -0.05) is 23.7 Å². The molecule has 0 bridgehead atoms. The molecule has 7 nitrogen and oxygen atoms in total. The molecule has 2 rings (SSSR count). The summed E-state index contributed by atoms with van der Waals surface area (Å²) in [7, 11) is 5.67. The summed E-state index contributed by atoms with van der Waals surface area (Å²) in [5.41, 5.74) is 1.21. The van der Waals surface area contributed by atoms with E-state index in [-0.39, 0.29) is 18.4 Å². The van der Waals surface area contributed by atoms with Gasteiger partial charge in [0.05, 0.1) is 35.6 Å². The maximum Gasteiger partial charge on any atom is 0.253 e. The Labute approximate surface area is 145 Å². The Morgan fingerprint density at radius 3 is 2.58 bits per heavy atom. The minimum Gasteiger partial charge on any atom is -0.349 e. The van der Waals surface area contributed by atoms with E-state index in [0.717, 1.165) is 11.6 Å². The van der Waals surface area contributed by atoms with Gasteiger partial charge in [0.2, 0.25) is 11.9 Å². The Morgan fingerprint density at radius 1 is 1.25 bits per heavy atom. The first kappa shape index (κ1) is 17.8. The molecule has 0 aliphatic carbocycles. The number of nitrogens with one attached hydrogen (secondary N) is 2. The van der Waals surface area contributed by atoms with Crippen molar-refractivity contribution in [3.05, 3.63) is 46.7 Å². The minimum absolute atomic E-state index is 0.123. The molecular formula is C16H20ClN5O2. The SMILES string of the molecule is CN(C)c1ncc(CNC(=O)CNC(=O)c2ccccc2Cl)n1C. The van der Waals surface area contributed by atoms with Crippen molar-refractivity contribution in [1.29, 1.82) is 0 Å². The number of carbonyl (C=O) groups is 2. The van der Waals surface area contributed by atoms with Crippen LogP contribution in [0, 0.1) is 0 Å². The average Bonchev–Trinajstić information content (AvgIpc) is 2.92. The van der Waals surface area contributed by atoms with Crippen molar-refractivity contribution >= 4 is 29.4 Å². The van der Waals surface area contributed by atoms with Crippen LogP contribution < -0.4 is 15.5 Å². The molecule has 2 aromatic rings. The van der Waals surface area contributed by atoms with E-state index in [1.807, 2.05) is 30.6 Å². The Bertz CT molecular complexity index is 742. The first-order chi connectivity index (χ1) is 11.4. The van der Waals surface area contributed by atoms with Crippen molar-refractivity contribution in [1.82, 2.24) is 20.2 Å². The highest BCUT2D eigenvalue weighted by molar-refractivity contribution is 6.33. The predicted octanol–water partition coefficient (Wildman–Crippen LogP) is 1.19. The van der Waals surface area contributed by atoms with Crippen LogP contribution in [0.4, 0.5) is 5.95 Å². The summed E-state index contributed by atoms with van der Waals surface area (Å²) in [5, 5.41) is 5.64. The molecule has 1 aromatic heterocycles. The predicted molar refractivity (Wildman–Crippen MR) is 93.2 cm³/mol. The molecule has 0 saturated carbocycles. The lowest BCUT2D eigenvalue weighted by atomic mass is 10.2. The Hall–Kier alpha value is -2.54. The third kappa shape index (κ3) is 4.26. The Balaban J connectivity index is 1.84. The molecule has 1 heterocycles. The van der Waals surface area contributed by atoms with Crippen molar-refractivity contribution in [2.75, 3.05) is 25.5 Å². The quantitative estimate of drug-likeness (QED) is 0.821. The fraction of sp³-hybridized carbons (Fsp3) is 0.312. The topological polar surface area (TPSA) is 79.3 Å². The molecule has 0 fully saturated rings. The maximum atomic E-state index is 12.0. The van der Waals surface area contributed by atoms with Gasteiger partial charge in [-0.25, -0.2) is 4.98 Å². The van der Waals surface area contributed by atoms with Crippen molar-refractivity contribution < 1.29 is 9.59 Å². The van der Waals surface area contributed by atoms with Gasteiger partial charge in [0, 0.05) is 21.1 Å². The number of rotatable bonds is 6. The minimum atomic E-state index is -0.383. The largest absolute Gasteiger partial charge is 0.349 e. The van der Waals surface area contributed by atoms with Gasteiger partial charge < -0.3 is 20.1 Å². The van der Waals surface area contributed by atoms with E-state index in [0.29, 0.717) is 17.1 Å². The fourth-order valence-electron chi connectivity index (χ4n) is 2.17. The highest BCUT2D eigenvalue weighted by atomic mass is 35.5. The van der Waals surface area contributed by atoms with Gasteiger partial charge in [-0.05, 0) is 12.1 Å². The number of halogens is 1. The molecule has 24 heavy (non-hydrogen) atoms. The molecule has 0 saturated heterocycles. The van der Waals surface area contributed by atoms with Crippen LogP contribution in [0.25, 0.3) is 0 Å². The lowest BCUT2D eigenvalue weighted by molar-refractivity contribution is -0.120. The van der Waals surface area contributed by atoms with Crippen LogP contribution in [0.2, 0.25) is 5.02 Å². The highest BCUT2D eigenvalue weighted by Crippen LogP contribution is 2.14. The fourth-order valence-corrected chi connectivity index (χ4v) is 2.39. The molecular weight excluding hydrogens is 330 g/mol. The molecule has 0 spiro atoms. The van der Waals surface area contributed by atoms with Crippen LogP contribution in [0.15, 0.2) is 30.5 Å².